The van der Waals surface area contributed by atoms with Crippen LogP contribution < -0.4 is 0 Å². The minimum absolute atomic E-state index is 0.104. The highest BCUT2D eigenvalue weighted by atomic mass is 16.5. The first kappa shape index (κ1) is 10.2. The van der Waals surface area contributed by atoms with E-state index in [9.17, 15) is 9.90 Å². The first-order chi connectivity index (χ1) is 7.13. The van der Waals surface area contributed by atoms with Gasteiger partial charge in [0.15, 0.2) is 5.69 Å². The minimum atomic E-state index is -0.439. The van der Waals surface area contributed by atoms with Gasteiger partial charge in [0.25, 0.3) is 0 Å². The van der Waals surface area contributed by atoms with E-state index in [1.54, 1.807) is 17.8 Å². The molecule has 0 atom stereocenters. The number of aliphatic hydroxyl groups is 1. The second-order valence-electron chi connectivity index (χ2n) is 3.97. The predicted octanol–water partition coefficient (Wildman–Crippen LogP) is 0.231. The zero-order valence-electron chi connectivity index (χ0n) is 8.86. The lowest BCUT2D eigenvalue weighted by Crippen LogP contribution is -2.16. The molecule has 82 valence electrons. The number of carbonyl (C=O) groups excluding carboxylic acids is 1. The third-order valence-electron chi connectivity index (χ3n) is 2.97. The van der Waals surface area contributed by atoms with Crippen molar-refractivity contribution in [3.8, 4) is 0 Å². The molecule has 0 bridgehead atoms. The summed E-state index contributed by atoms with van der Waals surface area (Å²) in [6, 6.07) is 1.70. The van der Waals surface area contributed by atoms with Crippen LogP contribution in [0.15, 0.2) is 6.07 Å². The van der Waals surface area contributed by atoms with Crippen LogP contribution in [-0.4, -0.2) is 34.6 Å². The third-order valence-corrected chi connectivity index (χ3v) is 2.97. The molecule has 0 unspecified atom stereocenters. The largest absolute Gasteiger partial charge is 0.464 e. The van der Waals surface area contributed by atoms with Crippen LogP contribution in [0.5, 0.6) is 0 Å². The maximum absolute atomic E-state index is 11.3. The number of rotatable bonds is 3. The molecule has 1 aromatic rings. The van der Waals surface area contributed by atoms with E-state index in [-0.39, 0.29) is 12.0 Å². The summed E-state index contributed by atoms with van der Waals surface area (Å²) in [6.07, 6.45) is 1.90. The highest BCUT2D eigenvalue weighted by Gasteiger charge is 2.46. The van der Waals surface area contributed by atoms with Crippen LogP contribution >= 0.6 is 0 Å². The first-order valence-corrected chi connectivity index (χ1v) is 4.87. The van der Waals surface area contributed by atoms with Gasteiger partial charge in [0.1, 0.15) is 0 Å². The van der Waals surface area contributed by atoms with Crippen molar-refractivity contribution in [2.24, 2.45) is 7.05 Å². The number of carbonyl (C=O) groups is 1. The highest BCUT2D eigenvalue weighted by Crippen LogP contribution is 2.47. The monoisotopic (exact) mass is 210 g/mol. The van der Waals surface area contributed by atoms with E-state index in [1.807, 2.05) is 0 Å². The number of aromatic nitrogens is 2. The quantitative estimate of drug-likeness (QED) is 0.725. The number of nitrogens with zero attached hydrogens (tertiary/aromatic N) is 2. The lowest BCUT2D eigenvalue weighted by atomic mass is 10.0. The molecule has 1 aliphatic rings. The standard InChI is InChI=1S/C10H14N2O3/c1-12-8(10(6-13)3-4-10)5-7(11-12)9(14)15-2/h5,13H,3-4,6H2,1-2H3. The molecule has 0 radical (unpaired) electrons. The number of esters is 1. The molecule has 0 aromatic carbocycles. The number of methoxy groups -OCH3 is 1. The van der Waals surface area contributed by atoms with Crippen molar-refractivity contribution in [1.82, 2.24) is 9.78 Å². The van der Waals surface area contributed by atoms with Crippen LogP contribution in [0.25, 0.3) is 0 Å². The van der Waals surface area contributed by atoms with Gasteiger partial charge in [-0.25, -0.2) is 4.79 Å². The fourth-order valence-electron chi connectivity index (χ4n) is 1.81. The number of hydrogen-bond acceptors (Lipinski definition) is 4. The smallest absolute Gasteiger partial charge is 0.358 e. The van der Waals surface area contributed by atoms with E-state index >= 15 is 0 Å². The molecular formula is C10H14N2O3. The summed E-state index contributed by atoms with van der Waals surface area (Å²) >= 11 is 0. The van der Waals surface area contributed by atoms with Gasteiger partial charge in [0.2, 0.25) is 0 Å². The molecule has 0 saturated heterocycles. The maximum atomic E-state index is 11.3. The number of aliphatic hydroxyl groups excluding tert-OH is 1. The Hall–Kier alpha value is -1.36. The topological polar surface area (TPSA) is 64.3 Å². The third kappa shape index (κ3) is 1.52. The van der Waals surface area contributed by atoms with Gasteiger partial charge in [-0.1, -0.05) is 0 Å². The summed E-state index contributed by atoms with van der Waals surface area (Å²) in [6.45, 7) is 0.104. The highest BCUT2D eigenvalue weighted by molar-refractivity contribution is 5.87. The van der Waals surface area contributed by atoms with Gasteiger partial charge in [0.05, 0.1) is 13.7 Å². The molecule has 1 aliphatic carbocycles. The lowest BCUT2D eigenvalue weighted by Gasteiger charge is -2.10. The molecule has 0 aliphatic heterocycles. The molecule has 1 heterocycles. The second kappa shape index (κ2) is 3.34. The van der Waals surface area contributed by atoms with E-state index in [2.05, 4.69) is 9.84 Å². The molecule has 1 N–H and O–H groups in total. The minimum Gasteiger partial charge on any atom is -0.464 e. The summed E-state index contributed by atoms with van der Waals surface area (Å²) in [5, 5.41) is 13.3. The van der Waals surface area contributed by atoms with E-state index in [0.29, 0.717) is 5.69 Å². The van der Waals surface area contributed by atoms with Crippen LogP contribution in [-0.2, 0) is 17.2 Å². The van der Waals surface area contributed by atoms with Crippen LogP contribution in [0.1, 0.15) is 29.0 Å². The molecule has 0 amide bonds. The van der Waals surface area contributed by atoms with Crippen molar-refractivity contribution in [2.45, 2.75) is 18.3 Å². The van der Waals surface area contributed by atoms with Gasteiger partial charge < -0.3 is 9.84 Å². The number of aryl methyl sites for hydroxylation is 1. The number of hydrogen-bond donors (Lipinski definition) is 1. The normalized spacial score (nSPS) is 17.5. The van der Waals surface area contributed by atoms with E-state index < -0.39 is 5.97 Å². The summed E-state index contributed by atoms with van der Waals surface area (Å²) in [5.74, 6) is -0.439. The van der Waals surface area contributed by atoms with Crippen molar-refractivity contribution < 1.29 is 14.6 Å². The van der Waals surface area contributed by atoms with Gasteiger partial charge >= 0.3 is 5.97 Å². The molecule has 15 heavy (non-hydrogen) atoms. The Labute approximate surface area is 87.7 Å². The molecule has 0 spiro atoms. The van der Waals surface area contributed by atoms with Gasteiger partial charge in [-0.05, 0) is 18.9 Å². The molecule has 1 saturated carbocycles. The van der Waals surface area contributed by atoms with Crippen molar-refractivity contribution in [2.75, 3.05) is 13.7 Å². The first-order valence-electron chi connectivity index (χ1n) is 4.87. The Morgan fingerprint density at radius 1 is 1.73 bits per heavy atom. The SMILES string of the molecule is COC(=O)c1cc(C2(CO)CC2)n(C)n1. The Morgan fingerprint density at radius 3 is 2.87 bits per heavy atom. The van der Waals surface area contributed by atoms with E-state index in [4.69, 9.17) is 0 Å². The molecule has 1 fully saturated rings. The van der Waals surface area contributed by atoms with Gasteiger partial charge in [0, 0.05) is 18.2 Å². The Morgan fingerprint density at radius 2 is 2.40 bits per heavy atom. The van der Waals surface area contributed by atoms with Crippen molar-refractivity contribution >= 4 is 5.97 Å². The molecule has 5 heteroatoms. The zero-order chi connectivity index (χ0) is 11.1. The van der Waals surface area contributed by atoms with Crippen molar-refractivity contribution in [3.63, 3.8) is 0 Å². The second-order valence-corrected chi connectivity index (χ2v) is 3.97. The fourth-order valence-corrected chi connectivity index (χ4v) is 1.81. The van der Waals surface area contributed by atoms with Gasteiger partial charge in [-0.15, -0.1) is 0 Å². The van der Waals surface area contributed by atoms with Crippen molar-refractivity contribution in [3.05, 3.63) is 17.5 Å². The summed E-state index contributed by atoms with van der Waals surface area (Å²) in [7, 11) is 3.10. The van der Waals surface area contributed by atoms with Crippen LogP contribution in [0.3, 0.4) is 0 Å². The average Bonchev–Trinajstić information content (AvgIpc) is 2.95. The van der Waals surface area contributed by atoms with Crippen LogP contribution in [0.4, 0.5) is 0 Å². The lowest BCUT2D eigenvalue weighted by molar-refractivity contribution is 0.0593. The van der Waals surface area contributed by atoms with Gasteiger partial charge in [-0.2, -0.15) is 5.10 Å². The Balaban J connectivity index is 2.34. The molecular weight excluding hydrogens is 196 g/mol. The van der Waals surface area contributed by atoms with Gasteiger partial charge in [-0.3, -0.25) is 4.68 Å². The average molecular weight is 210 g/mol. The molecule has 5 nitrogen and oxygen atoms in total. The molecule has 2 rings (SSSR count). The summed E-state index contributed by atoms with van der Waals surface area (Å²) in [4.78, 5) is 11.3. The van der Waals surface area contributed by atoms with Crippen LogP contribution in [0.2, 0.25) is 0 Å². The number of ether oxygens (including phenoxy) is 1. The Kier molecular flexibility index (Phi) is 2.26. The van der Waals surface area contributed by atoms with Crippen molar-refractivity contribution in [1.29, 1.82) is 0 Å². The fraction of sp³-hybridized carbons (Fsp3) is 0.600. The Bertz CT molecular complexity index is 393. The predicted molar refractivity (Wildman–Crippen MR) is 52.5 cm³/mol. The van der Waals surface area contributed by atoms with E-state index in [1.165, 1.54) is 7.11 Å². The molecule has 1 aromatic heterocycles. The summed E-state index contributed by atoms with van der Waals surface area (Å²) < 4.78 is 6.24. The van der Waals surface area contributed by atoms with E-state index in [0.717, 1.165) is 18.5 Å². The summed E-state index contributed by atoms with van der Waals surface area (Å²) in [5.41, 5.74) is 1.04. The van der Waals surface area contributed by atoms with Crippen LogP contribution in [0, 0.1) is 0 Å². The maximum Gasteiger partial charge on any atom is 0.358 e. The zero-order valence-corrected chi connectivity index (χ0v) is 8.86.